The number of carbonyl (C=O) groups is 1. The Morgan fingerprint density at radius 2 is 2.25 bits per heavy atom. The number of rotatable bonds is 8. The van der Waals surface area contributed by atoms with Gasteiger partial charge in [-0.25, -0.2) is 0 Å². The molecule has 70 valence electrons. The van der Waals surface area contributed by atoms with E-state index in [1.165, 1.54) is 0 Å². The fraction of sp³-hybridized carbons (Fsp3) is 0.700. The Hall–Kier alpha value is -0.630. The van der Waals surface area contributed by atoms with Crippen LogP contribution < -0.4 is 0 Å². The number of Topliss-reactive ketones (excluding diaryl/α,β-unsaturated/α-hetero) is 1. The molecule has 0 saturated heterocycles. The van der Waals surface area contributed by atoms with E-state index in [1.807, 2.05) is 13.0 Å². The lowest BCUT2D eigenvalue weighted by Crippen LogP contribution is -2.03. The molecule has 0 fully saturated rings. The van der Waals surface area contributed by atoms with Gasteiger partial charge in [-0.3, -0.25) is 4.79 Å². The van der Waals surface area contributed by atoms with Crippen molar-refractivity contribution in [2.75, 3.05) is 13.2 Å². The third kappa shape index (κ3) is 7.48. The minimum absolute atomic E-state index is 0.297. The van der Waals surface area contributed by atoms with Gasteiger partial charge < -0.3 is 4.74 Å². The third-order valence-electron chi connectivity index (χ3n) is 1.59. The second-order valence-electron chi connectivity index (χ2n) is 2.67. The zero-order chi connectivity index (χ0) is 9.23. The van der Waals surface area contributed by atoms with Crippen LogP contribution in [0, 0.1) is 0 Å². The van der Waals surface area contributed by atoms with Gasteiger partial charge in [0.25, 0.3) is 0 Å². The van der Waals surface area contributed by atoms with E-state index in [-0.39, 0.29) is 0 Å². The maximum absolute atomic E-state index is 11.1. The van der Waals surface area contributed by atoms with E-state index >= 15 is 0 Å². The fourth-order valence-corrected chi connectivity index (χ4v) is 0.899. The minimum atomic E-state index is 0.297. The van der Waals surface area contributed by atoms with Crippen LogP contribution in [-0.4, -0.2) is 19.0 Å². The van der Waals surface area contributed by atoms with Crippen molar-refractivity contribution in [1.82, 2.24) is 0 Å². The van der Waals surface area contributed by atoms with Gasteiger partial charge >= 0.3 is 0 Å². The van der Waals surface area contributed by atoms with E-state index in [0.717, 1.165) is 12.8 Å². The highest BCUT2D eigenvalue weighted by atomic mass is 16.5. The van der Waals surface area contributed by atoms with Crippen LogP contribution in [0.4, 0.5) is 0 Å². The standard InChI is InChI=1S/C10H18O2/c1-3-5-6-7-10(11)8-9-12-4-2/h3H,1,4-9H2,2H3. The van der Waals surface area contributed by atoms with Crippen LogP contribution in [0.3, 0.4) is 0 Å². The van der Waals surface area contributed by atoms with E-state index in [0.29, 0.717) is 31.8 Å². The smallest absolute Gasteiger partial charge is 0.135 e. The lowest BCUT2D eigenvalue weighted by molar-refractivity contribution is -0.120. The Morgan fingerprint density at radius 3 is 2.83 bits per heavy atom. The first-order valence-corrected chi connectivity index (χ1v) is 4.51. The molecule has 2 heteroatoms. The fourth-order valence-electron chi connectivity index (χ4n) is 0.899. The molecule has 0 heterocycles. The zero-order valence-electron chi connectivity index (χ0n) is 7.84. The molecular weight excluding hydrogens is 152 g/mol. The average molecular weight is 170 g/mol. The maximum atomic E-state index is 11.1. The lowest BCUT2D eigenvalue weighted by atomic mass is 10.1. The summed E-state index contributed by atoms with van der Waals surface area (Å²) in [5.41, 5.74) is 0. The van der Waals surface area contributed by atoms with Crippen molar-refractivity contribution in [1.29, 1.82) is 0 Å². The van der Waals surface area contributed by atoms with Crippen molar-refractivity contribution in [2.24, 2.45) is 0 Å². The van der Waals surface area contributed by atoms with Gasteiger partial charge in [0.05, 0.1) is 6.61 Å². The normalized spacial score (nSPS) is 9.75. The molecule has 0 aromatic rings. The van der Waals surface area contributed by atoms with Crippen molar-refractivity contribution in [3.05, 3.63) is 12.7 Å². The highest BCUT2D eigenvalue weighted by molar-refractivity contribution is 5.78. The minimum Gasteiger partial charge on any atom is -0.381 e. The Balaban J connectivity index is 3.15. The first-order valence-electron chi connectivity index (χ1n) is 4.51. The summed E-state index contributed by atoms with van der Waals surface area (Å²) in [6.45, 7) is 6.80. The Morgan fingerprint density at radius 1 is 1.50 bits per heavy atom. The summed E-state index contributed by atoms with van der Waals surface area (Å²) in [6, 6.07) is 0. The number of hydrogen-bond donors (Lipinski definition) is 0. The van der Waals surface area contributed by atoms with Crippen molar-refractivity contribution in [2.45, 2.75) is 32.6 Å². The molecule has 0 spiro atoms. The summed E-state index contributed by atoms with van der Waals surface area (Å²) < 4.78 is 5.07. The van der Waals surface area contributed by atoms with Crippen LogP contribution in [0.15, 0.2) is 12.7 Å². The SMILES string of the molecule is C=CCCCC(=O)CCOCC. The molecule has 0 aliphatic heterocycles. The molecule has 0 aromatic heterocycles. The molecule has 0 atom stereocenters. The van der Waals surface area contributed by atoms with Crippen LogP contribution in [-0.2, 0) is 9.53 Å². The second kappa shape index (κ2) is 8.47. The van der Waals surface area contributed by atoms with E-state index in [4.69, 9.17) is 4.74 Å². The summed E-state index contributed by atoms with van der Waals surface area (Å²) >= 11 is 0. The first-order chi connectivity index (χ1) is 5.81. The Kier molecular flexibility index (Phi) is 8.02. The van der Waals surface area contributed by atoms with Crippen LogP contribution in [0.2, 0.25) is 0 Å². The van der Waals surface area contributed by atoms with Crippen molar-refractivity contribution >= 4 is 5.78 Å². The molecule has 0 aromatic carbocycles. The summed E-state index contributed by atoms with van der Waals surface area (Å²) in [7, 11) is 0. The molecular formula is C10H18O2. The van der Waals surface area contributed by atoms with Crippen LogP contribution >= 0.6 is 0 Å². The van der Waals surface area contributed by atoms with Gasteiger partial charge in [-0.1, -0.05) is 6.08 Å². The molecule has 0 saturated carbocycles. The van der Waals surface area contributed by atoms with Crippen LogP contribution in [0.25, 0.3) is 0 Å². The van der Waals surface area contributed by atoms with E-state index in [1.54, 1.807) is 0 Å². The zero-order valence-corrected chi connectivity index (χ0v) is 7.84. The van der Waals surface area contributed by atoms with Crippen LogP contribution in [0.1, 0.15) is 32.6 Å². The predicted molar refractivity (Wildman–Crippen MR) is 50.2 cm³/mol. The topological polar surface area (TPSA) is 26.3 Å². The van der Waals surface area contributed by atoms with Gasteiger partial charge in [-0.05, 0) is 19.8 Å². The molecule has 0 amide bonds. The van der Waals surface area contributed by atoms with Gasteiger partial charge in [0, 0.05) is 19.4 Å². The van der Waals surface area contributed by atoms with Gasteiger partial charge in [0.15, 0.2) is 0 Å². The predicted octanol–water partition coefficient (Wildman–Crippen LogP) is 2.34. The quantitative estimate of drug-likeness (QED) is 0.413. The van der Waals surface area contributed by atoms with Gasteiger partial charge in [-0.2, -0.15) is 0 Å². The summed E-state index contributed by atoms with van der Waals surface area (Å²) in [6.07, 6.45) is 4.93. The number of ether oxygens (including phenoxy) is 1. The van der Waals surface area contributed by atoms with Crippen molar-refractivity contribution in [3.8, 4) is 0 Å². The van der Waals surface area contributed by atoms with E-state index < -0.39 is 0 Å². The molecule has 0 radical (unpaired) electrons. The maximum Gasteiger partial charge on any atom is 0.135 e. The average Bonchev–Trinajstić information content (AvgIpc) is 2.06. The molecule has 0 bridgehead atoms. The molecule has 0 unspecified atom stereocenters. The monoisotopic (exact) mass is 170 g/mol. The Labute approximate surface area is 74.6 Å². The van der Waals surface area contributed by atoms with Crippen molar-refractivity contribution < 1.29 is 9.53 Å². The highest BCUT2D eigenvalue weighted by Crippen LogP contribution is 1.99. The second-order valence-corrected chi connectivity index (χ2v) is 2.67. The third-order valence-corrected chi connectivity index (χ3v) is 1.59. The van der Waals surface area contributed by atoms with Gasteiger partial charge in [0.1, 0.15) is 5.78 Å². The molecule has 0 N–H and O–H groups in total. The first kappa shape index (κ1) is 11.4. The van der Waals surface area contributed by atoms with E-state index in [9.17, 15) is 4.79 Å². The summed E-state index contributed by atoms with van der Waals surface area (Å²) in [5.74, 6) is 0.297. The van der Waals surface area contributed by atoms with Gasteiger partial charge in [-0.15, -0.1) is 6.58 Å². The lowest BCUT2D eigenvalue weighted by Gasteiger charge is -1.99. The molecule has 0 rings (SSSR count). The van der Waals surface area contributed by atoms with Crippen LogP contribution in [0.5, 0.6) is 0 Å². The molecule has 0 aliphatic rings. The molecule has 12 heavy (non-hydrogen) atoms. The molecule has 2 nitrogen and oxygen atoms in total. The summed E-state index contributed by atoms with van der Waals surface area (Å²) in [5, 5.41) is 0. The van der Waals surface area contributed by atoms with Gasteiger partial charge in [0.2, 0.25) is 0 Å². The van der Waals surface area contributed by atoms with E-state index in [2.05, 4.69) is 6.58 Å². The number of ketones is 1. The number of hydrogen-bond acceptors (Lipinski definition) is 2. The summed E-state index contributed by atoms with van der Waals surface area (Å²) in [4.78, 5) is 11.1. The highest BCUT2D eigenvalue weighted by Gasteiger charge is 1.99. The number of unbranched alkanes of at least 4 members (excludes halogenated alkanes) is 1. The number of carbonyl (C=O) groups excluding carboxylic acids is 1. The Bertz CT molecular complexity index is 130. The molecule has 0 aliphatic carbocycles. The largest absolute Gasteiger partial charge is 0.381 e. The van der Waals surface area contributed by atoms with Crippen molar-refractivity contribution in [3.63, 3.8) is 0 Å². The number of allylic oxidation sites excluding steroid dienone is 1.